The SMILES string of the molecule is NC(=O)Nc1cccc(OCCCOc2ncnc3scc(-c4ccccc4F)c23)c1. The fourth-order valence-corrected chi connectivity index (χ4v) is 3.96. The number of anilines is 1. The molecule has 2 aromatic carbocycles. The maximum atomic E-state index is 14.3. The van der Waals surface area contributed by atoms with Gasteiger partial charge in [-0.25, -0.2) is 19.2 Å². The summed E-state index contributed by atoms with van der Waals surface area (Å²) < 4.78 is 25.9. The molecule has 2 aromatic heterocycles. The number of hydrogen-bond donors (Lipinski definition) is 2. The summed E-state index contributed by atoms with van der Waals surface area (Å²) in [5, 5.41) is 5.06. The Labute approximate surface area is 181 Å². The Bertz CT molecular complexity index is 1210. The van der Waals surface area contributed by atoms with Crippen LogP contribution < -0.4 is 20.5 Å². The van der Waals surface area contributed by atoms with E-state index in [0.29, 0.717) is 53.5 Å². The van der Waals surface area contributed by atoms with Gasteiger partial charge in [0.25, 0.3) is 0 Å². The van der Waals surface area contributed by atoms with Gasteiger partial charge in [0, 0.05) is 34.7 Å². The number of primary amides is 1. The normalized spacial score (nSPS) is 10.7. The van der Waals surface area contributed by atoms with Crippen LogP contribution in [0.5, 0.6) is 11.6 Å². The van der Waals surface area contributed by atoms with E-state index >= 15 is 0 Å². The fraction of sp³-hybridized carbons (Fsp3) is 0.136. The first-order chi connectivity index (χ1) is 15.1. The van der Waals surface area contributed by atoms with E-state index in [-0.39, 0.29) is 5.82 Å². The first-order valence-corrected chi connectivity index (χ1v) is 10.4. The second-order valence-corrected chi connectivity index (χ2v) is 7.41. The Kier molecular flexibility index (Phi) is 6.23. The van der Waals surface area contributed by atoms with Gasteiger partial charge in [-0.2, -0.15) is 0 Å². The van der Waals surface area contributed by atoms with Crippen molar-refractivity contribution in [3.05, 3.63) is 66.1 Å². The zero-order valence-electron chi connectivity index (χ0n) is 16.4. The number of rotatable bonds is 8. The van der Waals surface area contributed by atoms with E-state index < -0.39 is 6.03 Å². The van der Waals surface area contributed by atoms with Crippen molar-refractivity contribution >= 4 is 33.3 Å². The molecule has 0 saturated carbocycles. The second kappa shape index (κ2) is 9.40. The minimum absolute atomic E-state index is 0.307. The second-order valence-electron chi connectivity index (χ2n) is 6.56. The molecule has 158 valence electrons. The largest absolute Gasteiger partial charge is 0.493 e. The smallest absolute Gasteiger partial charge is 0.316 e. The molecule has 9 heteroatoms. The highest BCUT2D eigenvalue weighted by atomic mass is 32.1. The van der Waals surface area contributed by atoms with Crippen LogP contribution in [-0.2, 0) is 0 Å². The van der Waals surface area contributed by atoms with E-state index in [1.54, 1.807) is 42.5 Å². The van der Waals surface area contributed by atoms with E-state index in [0.717, 1.165) is 4.83 Å². The highest BCUT2D eigenvalue weighted by Gasteiger charge is 2.16. The average Bonchev–Trinajstić information content (AvgIpc) is 3.18. The number of aromatic nitrogens is 2. The molecule has 0 spiro atoms. The van der Waals surface area contributed by atoms with Crippen molar-refractivity contribution in [2.24, 2.45) is 5.73 Å². The molecule has 0 aliphatic heterocycles. The summed E-state index contributed by atoms with van der Waals surface area (Å²) in [5.41, 5.74) is 6.88. The van der Waals surface area contributed by atoms with Crippen LogP contribution in [0.1, 0.15) is 6.42 Å². The van der Waals surface area contributed by atoms with Crippen LogP contribution in [0.25, 0.3) is 21.3 Å². The first-order valence-electron chi connectivity index (χ1n) is 9.51. The lowest BCUT2D eigenvalue weighted by Gasteiger charge is -2.10. The zero-order valence-corrected chi connectivity index (χ0v) is 17.2. The molecule has 4 aromatic rings. The van der Waals surface area contributed by atoms with Gasteiger partial charge in [-0.05, 0) is 18.2 Å². The number of ether oxygens (including phenoxy) is 2. The van der Waals surface area contributed by atoms with Gasteiger partial charge >= 0.3 is 6.03 Å². The molecule has 0 bridgehead atoms. The van der Waals surface area contributed by atoms with Crippen molar-refractivity contribution in [2.75, 3.05) is 18.5 Å². The van der Waals surface area contributed by atoms with Crippen LogP contribution in [0.2, 0.25) is 0 Å². The fourth-order valence-electron chi connectivity index (χ4n) is 3.06. The van der Waals surface area contributed by atoms with Crippen molar-refractivity contribution in [2.45, 2.75) is 6.42 Å². The molecule has 2 amide bonds. The van der Waals surface area contributed by atoms with E-state index in [1.165, 1.54) is 23.7 Å². The quantitative estimate of drug-likeness (QED) is 0.384. The topological polar surface area (TPSA) is 99.4 Å². The Morgan fingerprint density at radius 3 is 2.74 bits per heavy atom. The molecule has 3 N–H and O–H groups in total. The van der Waals surface area contributed by atoms with Gasteiger partial charge < -0.3 is 20.5 Å². The van der Waals surface area contributed by atoms with E-state index in [9.17, 15) is 9.18 Å². The third-order valence-electron chi connectivity index (χ3n) is 4.40. The summed E-state index contributed by atoms with van der Waals surface area (Å²) in [4.78, 5) is 20.2. The Morgan fingerprint density at radius 2 is 1.90 bits per heavy atom. The average molecular weight is 438 g/mol. The van der Waals surface area contributed by atoms with Gasteiger partial charge in [0.1, 0.15) is 22.7 Å². The van der Waals surface area contributed by atoms with E-state index in [4.69, 9.17) is 15.2 Å². The number of benzene rings is 2. The van der Waals surface area contributed by atoms with Crippen LogP contribution in [0.3, 0.4) is 0 Å². The summed E-state index contributed by atoms with van der Waals surface area (Å²) in [7, 11) is 0. The third-order valence-corrected chi connectivity index (χ3v) is 5.28. The highest BCUT2D eigenvalue weighted by Crippen LogP contribution is 2.38. The molecular weight excluding hydrogens is 419 g/mol. The predicted molar refractivity (Wildman–Crippen MR) is 118 cm³/mol. The lowest BCUT2D eigenvalue weighted by molar-refractivity contribution is 0.244. The molecule has 31 heavy (non-hydrogen) atoms. The van der Waals surface area contributed by atoms with Crippen molar-refractivity contribution in [3.8, 4) is 22.8 Å². The Hall–Kier alpha value is -3.72. The number of nitrogens with two attached hydrogens (primary N) is 1. The Balaban J connectivity index is 1.39. The number of nitrogens with zero attached hydrogens (tertiary/aromatic N) is 2. The van der Waals surface area contributed by atoms with Gasteiger partial charge in [-0.3, -0.25) is 0 Å². The van der Waals surface area contributed by atoms with Crippen LogP contribution in [0.4, 0.5) is 14.9 Å². The molecule has 0 unspecified atom stereocenters. The highest BCUT2D eigenvalue weighted by molar-refractivity contribution is 7.17. The molecule has 0 aliphatic carbocycles. The van der Waals surface area contributed by atoms with Gasteiger partial charge in [0.15, 0.2) is 0 Å². The predicted octanol–water partition coefficient (Wildman–Crippen LogP) is 4.84. The summed E-state index contributed by atoms with van der Waals surface area (Å²) in [6.07, 6.45) is 2.03. The van der Waals surface area contributed by atoms with Gasteiger partial charge in [-0.1, -0.05) is 24.3 Å². The van der Waals surface area contributed by atoms with Gasteiger partial charge in [-0.15, -0.1) is 11.3 Å². The standard InChI is InChI=1S/C22H19FN4O3S/c23-18-8-2-1-7-16(18)17-12-31-21-19(17)20(25-13-26-21)30-10-4-9-29-15-6-3-5-14(11-15)27-22(24)28/h1-3,5-8,11-13H,4,9-10H2,(H3,24,27,28). The first kappa shape index (κ1) is 20.5. The summed E-state index contributed by atoms with van der Waals surface area (Å²) in [6, 6.07) is 12.9. The van der Waals surface area contributed by atoms with Gasteiger partial charge in [0.05, 0.1) is 18.6 Å². The third kappa shape index (κ3) is 4.89. The van der Waals surface area contributed by atoms with Crippen molar-refractivity contribution in [3.63, 3.8) is 0 Å². The molecule has 0 radical (unpaired) electrons. The van der Waals surface area contributed by atoms with Crippen LogP contribution in [-0.4, -0.2) is 29.2 Å². The van der Waals surface area contributed by atoms with Crippen LogP contribution >= 0.6 is 11.3 Å². The number of thiophene rings is 1. The number of hydrogen-bond acceptors (Lipinski definition) is 6. The molecule has 0 atom stereocenters. The molecule has 0 aliphatic rings. The summed E-state index contributed by atoms with van der Waals surface area (Å²) in [6.45, 7) is 0.760. The van der Waals surface area contributed by atoms with Crippen molar-refractivity contribution < 1.29 is 18.7 Å². The number of carbonyl (C=O) groups is 1. The van der Waals surface area contributed by atoms with E-state index in [2.05, 4.69) is 15.3 Å². The Morgan fingerprint density at radius 1 is 1.06 bits per heavy atom. The van der Waals surface area contributed by atoms with Crippen molar-refractivity contribution in [1.82, 2.24) is 9.97 Å². The van der Waals surface area contributed by atoms with Crippen molar-refractivity contribution in [1.29, 1.82) is 0 Å². The number of carbonyl (C=O) groups excluding carboxylic acids is 1. The zero-order chi connectivity index (χ0) is 21.6. The molecule has 2 heterocycles. The lowest BCUT2D eigenvalue weighted by Crippen LogP contribution is -2.19. The van der Waals surface area contributed by atoms with Gasteiger partial charge in [0.2, 0.25) is 5.88 Å². The maximum absolute atomic E-state index is 14.3. The summed E-state index contributed by atoms with van der Waals surface area (Å²) in [5.74, 6) is 0.714. The molecule has 0 saturated heterocycles. The monoisotopic (exact) mass is 438 g/mol. The maximum Gasteiger partial charge on any atom is 0.316 e. The number of nitrogens with one attached hydrogen (secondary N) is 1. The summed E-state index contributed by atoms with van der Waals surface area (Å²) >= 11 is 1.42. The minimum Gasteiger partial charge on any atom is -0.493 e. The number of amides is 2. The molecular formula is C22H19FN4O3S. The van der Waals surface area contributed by atoms with Crippen LogP contribution in [0, 0.1) is 5.82 Å². The molecule has 0 fully saturated rings. The molecule has 7 nitrogen and oxygen atoms in total. The minimum atomic E-state index is -0.634. The number of halogens is 1. The number of fused-ring (bicyclic) bond motifs is 1. The van der Waals surface area contributed by atoms with Crippen LogP contribution in [0.15, 0.2) is 60.2 Å². The number of urea groups is 1. The molecule has 4 rings (SSSR count). The lowest BCUT2D eigenvalue weighted by atomic mass is 10.1. The van der Waals surface area contributed by atoms with E-state index in [1.807, 2.05) is 5.38 Å².